The van der Waals surface area contributed by atoms with Gasteiger partial charge in [0.05, 0.1) is 35.5 Å². The Morgan fingerprint density at radius 2 is 1.89 bits per heavy atom. The van der Waals surface area contributed by atoms with Crippen molar-refractivity contribution >= 4 is 35.1 Å². The summed E-state index contributed by atoms with van der Waals surface area (Å²) < 4.78 is 28.1. The molecule has 1 aromatic carbocycles. The molecule has 1 aliphatic rings. The molecule has 1 aliphatic heterocycles. The molecule has 3 rings (SSSR count). The summed E-state index contributed by atoms with van der Waals surface area (Å²) in [7, 11) is 1.45. The lowest BCUT2D eigenvalue weighted by molar-refractivity contribution is -0.122. The van der Waals surface area contributed by atoms with Crippen LogP contribution < -0.4 is 16.0 Å². The maximum Gasteiger partial charge on any atom is 0.256 e. The fourth-order valence-electron chi connectivity index (χ4n) is 4.03. The van der Waals surface area contributed by atoms with Crippen molar-refractivity contribution in [1.82, 2.24) is 15.6 Å². The molecule has 2 atom stereocenters. The van der Waals surface area contributed by atoms with E-state index >= 15 is 0 Å². The number of hydrogen-bond donors (Lipinski definition) is 6. The number of aromatic amines is 1. The van der Waals surface area contributed by atoms with Crippen LogP contribution in [0.3, 0.4) is 0 Å². The Hall–Kier alpha value is -3.57. The number of halogens is 2. The van der Waals surface area contributed by atoms with Gasteiger partial charge in [0.15, 0.2) is 11.6 Å². The molecule has 0 radical (unpaired) electrons. The largest absolute Gasteiger partial charge is 0.393 e. The number of carbonyl (C=O) groups is 3. The van der Waals surface area contributed by atoms with Gasteiger partial charge in [-0.2, -0.15) is 0 Å². The molecule has 3 amide bonds. The Kier molecular flexibility index (Phi) is 8.03. The number of H-pyrrole nitrogens is 1. The summed E-state index contributed by atoms with van der Waals surface area (Å²) in [5.41, 5.74) is 1.67. The number of fused-ring (bicyclic) bond motifs is 1. The summed E-state index contributed by atoms with van der Waals surface area (Å²) in [6.45, 7) is 3.44. The van der Waals surface area contributed by atoms with Crippen molar-refractivity contribution in [1.29, 1.82) is 0 Å². The summed E-state index contributed by atoms with van der Waals surface area (Å²) in [5, 5.41) is 27.5. The summed E-state index contributed by atoms with van der Waals surface area (Å²) in [4.78, 5) is 39.4. The van der Waals surface area contributed by atoms with Crippen molar-refractivity contribution in [3.8, 4) is 0 Å². The normalized spacial score (nSPS) is 15.5. The van der Waals surface area contributed by atoms with Gasteiger partial charge < -0.3 is 31.1 Å². The van der Waals surface area contributed by atoms with Crippen LogP contribution in [0.4, 0.5) is 14.5 Å². The number of hydrogen-bond acceptors (Lipinski definition) is 5. The molecule has 35 heavy (non-hydrogen) atoms. The predicted molar refractivity (Wildman–Crippen MR) is 125 cm³/mol. The zero-order valence-corrected chi connectivity index (χ0v) is 19.6. The van der Waals surface area contributed by atoms with Gasteiger partial charge in [-0.25, -0.2) is 8.78 Å². The van der Waals surface area contributed by atoms with Gasteiger partial charge in [0, 0.05) is 30.5 Å². The molecular formula is C24H28F2N4O5. The van der Waals surface area contributed by atoms with Crippen molar-refractivity contribution in [2.24, 2.45) is 0 Å². The van der Waals surface area contributed by atoms with Crippen LogP contribution in [-0.2, 0) is 9.59 Å². The monoisotopic (exact) mass is 490 g/mol. The first-order valence-corrected chi connectivity index (χ1v) is 11.1. The molecule has 2 aromatic rings. The lowest BCUT2D eigenvalue weighted by atomic mass is 10.0. The highest BCUT2D eigenvalue weighted by Crippen LogP contribution is 2.36. The van der Waals surface area contributed by atoms with Gasteiger partial charge in [0.2, 0.25) is 5.91 Å². The number of aryl methyl sites for hydroxylation is 1. The van der Waals surface area contributed by atoms with Crippen LogP contribution in [0.5, 0.6) is 0 Å². The Balaban J connectivity index is 1.69. The minimum atomic E-state index is -1.13. The van der Waals surface area contributed by atoms with E-state index in [-0.39, 0.29) is 48.5 Å². The van der Waals surface area contributed by atoms with Crippen LogP contribution in [-0.4, -0.2) is 58.7 Å². The zero-order valence-electron chi connectivity index (χ0n) is 19.6. The van der Waals surface area contributed by atoms with E-state index in [1.54, 1.807) is 13.8 Å². The van der Waals surface area contributed by atoms with Crippen LogP contribution in [0.1, 0.15) is 52.1 Å². The molecule has 2 unspecified atom stereocenters. The molecule has 6 N–H and O–H groups in total. The molecular weight excluding hydrogens is 462 g/mol. The minimum absolute atomic E-state index is 0.0100. The molecule has 1 aromatic heterocycles. The molecule has 0 aliphatic carbocycles. The van der Waals surface area contributed by atoms with E-state index in [2.05, 4.69) is 20.9 Å². The van der Waals surface area contributed by atoms with Crippen molar-refractivity contribution in [3.63, 3.8) is 0 Å². The molecule has 0 saturated heterocycles. The SMILES string of the molecule is CNC(=O)CC(O)CC(O)CCNC(=O)c1c(C)[nH]c(C=C2C(=O)Nc3ccc(F)c(F)c32)c1C. The second-order valence-electron chi connectivity index (χ2n) is 8.42. The summed E-state index contributed by atoms with van der Waals surface area (Å²) >= 11 is 0. The van der Waals surface area contributed by atoms with Crippen LogP contribution in [0.25, 0.3) is 11.6 Å². The second kappa shape index (κ2) is 10.8. The van der Waals surface area contributed by atoms with Gasteiger partial charge in [-0.05, 0) is 50.5 Å². The fourth-order valence-corrected chi connectivity index (χ4v) is 4.03. The summed E-state index contributed by atoms with van der Waals surface area (Å²) in [6, 6.07) is 2.22. The fraction of sp³-hybridized carbons (Fsp3) is 0.375. The number of benzene rings is 1. The molecule has 9 nitrogen and oxygen atoms in total. The topological polar surface area (TPSA) is 144 Å². The molecule has 0 fully saturated rings. The minimum Gasteiger partial charge on any atom is -0.393 e. The number of rotatable bonds is 9. The predicted octanol–water partition coefficient (Wildman–Crippen LogP) is 1.77. The molecule has 0 spiro atoms. The standard InChI is InChI=1S/C24H28F2N4O5/c1-11-18(10-15-21-17(30-23(15)34)5-4-16(25)22(21)26)29-12(2)20(11)24(35)28-7-6-13(31)8-14(32)9-19(33)27-3/h4-5,10,13-14,29,31-32H,6-9H2,1-3H3,(H,27,33)(H,28,35)(H,30,34). The molecule has 2 heterocycles. The highest BCUT2D eigenvalue weighted by molar-refractivity contribution is 6.35. The molecule has 188 valence electrons. The van der Waals surface area contributed by atoms with Crippen LogP contribution in [0.15, 0.2) is 12.1 Å². The van der Waals surface area contributed by atoms with Crippen molar-refractivity contribution in [2.75, 3.05) is 18.9 Å². The highest BCUT2D eigenvalue weighted by atomic mass is 19.2. The first-order valence-electron chi connectivity index (χ1n) is 11.1. The lowest BCUT2D eigenvalue weighted by Gasteiger charge is -2.15. The van der Waals surface area contributed by atoms with Crippen LogP contribution >= 0.6 is 0 Å². The number of nitrogens with one attached hydrogen (secondary N) is 4. The third kappa shape index (κ3) is 5.75. The first kappa shape index (κ1) is 26.0. The number of amides is 3. The summed E-state index contributed by atoms with van der Waals surface area (Å²) in [5.74, 6) is -3.56. The number of aromatic nitrogens is 1. The van der Waals surface area contributed by atoms with Gasteiger partial charge >= 0.3 is 0 Å². The first-order chi connectivity index (χ1) is 16.5. The lowest BCUT2D eigenvalue weighted by Crippen LogP contribution is -2.30. The maximum atomic E-state index is 14.4. The molecule has 0 saturated carbocycles. The quantitative estimate of drug-likeness (QED) is 0.297. The zero-order chi connectivity index (χ0) is 25.9. The van der Waals surface area contributed by atoms with Gasteiger partial charge in [-0.15, -0.1) is 0 Å². The second-order valence-corrected chi connectivity index (χ2v) is 8.42. The number of aliphatic hydroxyl groups excluding tert-OH is 2. The van der Waals surface area contributed by atoms with Crippen molar-refractivity contribution in [3.05, 3.63) is 51.8 Å². The molecule has 11 heteroatoms. The summed E-state index contributed by atoms with van der Waals surface area (Å²) in [6.07, 6.45) is -0.511. The van der Waals surface area contributed by atoms with E-state index in [0.717, 1.165) is 6.07 Å². The van der Waals surface area contributed by atoms with E-state index in [9.17, 15) is 33.4 Å². The van der Waals surface area contributed by atoms with E-state index in [0.29, 0.717) is 22.5 Å². The molecule has 0 bridgehead atoms. The van der Waals surface area contributed by atoms with E-state index in [1.807, 2.05) is 0 Å². The van der Waals surface area contributed by atoms with Crippen molar-refractivity contribution < 1.29 is 33.4 Å². The van der Waals surface area contributed by atoms with Crippen molar-refractivity contribution in [2.45, 2.75) is 45.3 Å². The average Bonchev–Trinajstić information content (AvgIpc) is 3.25. The third-order valence-electron chi connectivity index (χ3n) is 5.86. The van der Waals surface area contributed by atoms with E-state index < -0.39 is 35.7 Å². The highest BCUT2D eigenvalue weighted by Gasteiger charge is 2.30. The Labute approximate surface area is 200 Å². The average molecular weight is 491 g/mol. The number of anilines is 1. The number of carbonyl (C=O) groups excluding carboxylic acids is 3. The van der Waals surface area contributed by atoms with E-state index in [4.69, 9.17) is 0 Å². The smallest absolute Gasteiger partial charge is 0.256 e. The number of aliphatic hydroxyl groups is 2. The van der Waals surface area contributed by atoms with E-state index in [1.165, 1.54) is 19.2 Å². The van der Waals surface area contributed by atoms with Crippen LogP contribution in [0, 0.1) is 25.5 Å². The Morgan fingerprint density at radius 3 is 2.57 bits per heavy atom. The van der Waals surface area contributed by atoms with Gasteiger partial charge in [-0.1, -0.05) is 0 Å². The third-order valence-corrected chi connectivity index (χ3v) is 5.86. The Morgan fingerprint density at radius 1 is 1.17 bits per heavy atom. The van der Waals surface area contributed by atoms with Crippen LogP contribution in [0.2, 0.25) is 0 Å². The maximum absolute atomic E-state index is 14.4. The van der Waals surface area contributed by atoms with Gasteiger partial charge in [-0.3, -0.25) is 14.4 Å². The van der Waals surface area contributed by atoms with Gasteiger partial charge in [0.1, 0.15) is 0 Å². The Bertz CT molecular complexity index is 1190. The van der Waals surface area contributed by atoms with Gasteiger partial charge in [0.25, 0.3) is 11.8 Å².